The highest BCUT2D eigenvalue weighted by atomic mass is 35.5. The van der Waals surface area contributed by atoms with Gasteiger partial charge < -0.3 is 9.64 Å². The van der Waals surface area contributed by atoms with Crippen molar-refractivity contribution >= 4 is 28.8 Å². The molecule has 0 radical (unpaired) electrons. The first-order valence-electron chi connectivity index (χ1n) is 12.4. The summed E-state index contributed by atoms with van der Waals surface area (Å²) < 4.78 is 19.9. The molecular weight excluding hydrogens is 451 g/mol. The van der Waals surface area contributed by atoms with E-state index >= 15 is 0 Å². The van der Waals surface area contributed by atoms with Crippen LogP contribution in [0, 0.1) is 11.2 Å². The van der Waals surface area contributed by atoms with Crippen molar-refractivity contribution in [1.82, 2.24) is 4.90 Å². The van der Waals surface area contributed by atoms with Gasteiger partial charge in [-0.2, -0.15) is 0 Å². The number of hydrogen-bond donors (Lipinski definition) is 0. The molecule has 1 spiro atoms. The molecular formula is C28H32ClFN2O2. The van der Waals surface area contributed by atoms with Crippen LogP contribution in [0.25, 0.3) is 5.57 Å². The van der Waals surface area contributed by atoms with Gasteiger partial charge in [-0.05, 0) is 86.4 Å². The van der Waals surface area contributed by atoms with Crippen LogP contribution in [0.3, 0.4) is 0 Å². The topological polar surface area (TPSA) is 32.8 Å². The summed E-state index contributed by atoms with van der Waals surface area (Å²) >= 11 is 6.01. The normalized spacial score (nSPS) is 20.0. The molecule has 0 aromatic heterocycles. The number of ether oxygens (including phenoxy) is 1. The summed E-state index contributed by atoms with van der Waals surface area (Å²) in [5.74, 6) is -0.483. The third-order valence-corrected chi connectivity index (χ3v) is 7.90. The molecule has 0 atom stereocenters. The Kier molecular flexibility index (Phi) is 6.67. The number of carbonyl (C=O) groups is 1. The van der Waals surface area contributed by atoms with E-state index in [1.54, 1.807) is 6.07 Å². The van der Waals surface area contributed by atoms with Crippen LogP contribution in [0.4, 0.5) is 10.1 Å². The molecule has 2 fully saturated rings. The van der Waals surface area contributed by atoms with E-state index in [-0.39, 0.29) is 11.8 Å². The standard InChI is InChI=1S/C28H32ClFN2O2/c1-2-34-27(33)20-3-6-23(7-4-20)32-15-13-31(14-16-32)19-21-18-28(11-12-28)10-9-24(21)25-8-5-22(29)17-26(25)30/h3-8,17H,2,9-16,18-19H2,1H3. The van der Waals surface area contributed by atoms with Crippen molar-refractivity contribution in [2.24, 2.45) is 5.41 Å². The molecule has 0 unspecified atom stereocenters. The number of halogens is 2. The number of allylic oxidation sites excluding steroid dienone is 1. The van der Waals surface area contributed by atoms with Crippen LogP contribution in [0.1, 0.15) is 54.9 Å². The lowest BCUT2D eigenvalue weighted by Gasteiger charge is -2.38. The van der Waals surface area contributed by atoms with Gasteiger partial charge in [-0.25, -0.2) is 9.18 Å². The zero-order valence-corrected chi connectivity index (χ0v) is 20.5. The Hall–Kier alpha value is -2.37. The molecule has 2 aromatic carbocycles. The highest BCUT2D eigenvalue weighted by Gasteiger charge is 2.45. The maximum Gasteiger partial charge on any atom is 0.338 e. The maximum atomic E-state index is 14.8. The summed E-state index contributed by atoms with van der Waals surface area (Å²) in [6.07, 6.45) is 5.84. The van der Waals surface area contributed by atoms with E-state index in [4.69, 9.17) is 16.3 Å². The largest absolute Gasteiger partial charge is 0.462 e. The molecule has 6 heteroatoms. The van der Waals surface area contributed by atoms with Gasteiger partial charge >= 0.3 is 5.97 Å². The van der Waals surface area contributed by atoms with Crippen molar-refractivity contribution in [1.29, 1.82) is 0 Å². The van der Waals surface area contributed by atoms with Gasteiger partial charge in [0.25, 0.3) is 0 Å². The quantitative estimate of drug-likeness (QED) is 0.459. The number of carbonyl (C=O) groups excluding carboxylic acids is 1. The Morgan fingerprint density at radius 2 is 1.79 bits per heavy atom. The van der Waals surface area contributed by atoms with Crippen molar-refractivity contribution in [3.8, 4) is 0 Å². The predicted molar refractivity (Wildman–Crippen MR) is 135 cm³/mol. The van der Waals surface area contributed by atoms with E-state index < -0.39 is 0 Å². The van der Waals surface area contributed by atoms with Gasteiger partial charge in [-0.1, -0.05) is 23.2 Å². The monoisotopic (exact) mass is 482 g/mol. The van der Waals surface area contributed by atoms with Crippen LogP contribution in [0.15, 0.2) is 48.0 Å². The van der Waals surface area contributed by atoms with Crippen LogP contribution in [0.2, 0.25) is 5.02 Å². The second-order valence-corrected chi connectivity index (χ2v) is 10.4. The Balaban J connectivity index is 1.26. The number of piperazine rings is 1. The van der Waals surface area contributed by atoms with Crippen molar-refractivity contribution in [3.63, 3.8) is 0 Å². The summed E-state index contributed by atoms with van der Waals surface area (Å²) in [7, 11) is 0. The molecule has 180 valence electrons. The summed E-state index contributed by atoms with van der Waals surface area (Å²) in [4.78, 5) is 16.8. The zero-order valence-electron chi connectivity index (χ0n) is 19.8. The van der Waals surface area contributed by atoms with Crippen molar-refractivity contribution in [2.45, 2.75) is 39.0 Å². The van der Waals surface area contributed by atoms with Gasteiger partial charge in [0.2, 0.25) is 0 Å². The minimum absolute atomic E-state index is 0.206. The van der Waals surface area contributed by atoms with Crippen LogP contribution < -0.4 is 4.90 Å². The molecule has 1 heterocycles. The lowest BCUT2D eigenvalue weighted by atomic mass is 9.78. The molecule has 5 rings (SSSR count). The minimum atomic E-state index is -0.277. The Morgan fingerprint density at radius 1 is 1.06 bits per heavy atom. The maximum absolute atomic E-state index is 14.8. The second kappa shape index (κ2) is 9.71. The molecule has 2 aromatic rings. The smallest absolute Gasteiger partial charge is 0.338 e. The zero-order chi connectivity index (χ0) is 23.7. The molecule has 34 heavy (non-hydrogen) atoms. The van der Waals surface area contributed by atoms with E-state index in [0.29, 0.717) is 22.6 Å². The van der Waals surface area contributed by atoms with Crippen LogP contribution in [-0.4, -0.2) is 50.2 Å². The lowest BCUT2D eigenvalue weighted by Crippen LogP contribution is -2.47. The SMILES string of the molecule is CCOC(=O)c1ccc(N2CCN(CC3=C(c4ccc(Cl)cc4F)CCC4(CC4)C3)CC2)cc1. The molecule has 0 N–H and O–H groups in total. The number of hydrogen-bond acceptors (Lipinski definition) is 4. The summed E-state index contributed by atoms with van der Waals surface area (Å²) in [5.41, 5.74) is 5.54. The molecule has 0 bridgehead atoms. The fraction of sp³-hybridized carbons (Fsp3) is 0.464. The van der Waals surface area contributed by atoms with Gasteiger partial charge in [-0.3, -0.25) is 4.90 Å². The van der Waals surface area contributed by atoms with E-state index in [2.05, 4.69) is 9.80 Å². The highest BCUT2D eigenvalue weighted by Crippen LogP contribution is 2.58. The van der Waals surface area contributed by atoms with Gasteiger partial charge in [0, 0.05) is 49.0 Å². The highest BCUT2D eigenvalue weighted by molar-refractivity contribution is 6.30. The molecule has 2 aliphatic carbocycles. The Bertz CT molecular complexity index is 1090. The third-order valence-electron chi connectivity index (χ3n) is 7.66. The fourth-order valence-electron chi connectivity index (χ4n) is 5.49. The lowest BCUT2D eigenvalue weighted by molar-refractivity contribution is 0.0526. The van der Waals surface area contributed by atoms with Gasteiger partial charge in [0.15, 0.2) is 0 Å². The van der Waals surface area contributed by atoms with Crippen LogP contribution >= 0.6 is 11.6 Å². The van der Waals surface area contributed by atoms with E-state index in [0.717, 1.165) is 56.8 Å². The average molecular weight is 483 g/mol. The summed E-state index contributed by atoms with van der Waals surface area (Å²) in [6.45, 7) is 6.90. The van der Waals surface area contributed by atoms with Crippen molar-refractivity contribution in [3.05, 3.63) is 70.0 Å². The number of rotatable bonds is 6. The van der Waals surface area contributed by atoms with Gasteiger partial charge in [0.05, 0.1) is 12.2 Å². The van der Waals surface area contributed by atoms with Gasteiger partial charge in [-0.15, -0.1) is 0 Å². The van der Waals surface area contributed by atoms with Crippen molar-refractivity contribution in [2.75, 3.05) is 44.2 Å². The molecule has 3 aliphatic rings. The second-order valence-electron chi connectivity index (χ2n) is 9.91. The molecule has 1 saturated carbocycles. The first-order valence-corrected chi connectivity index (χ1v) is 12.7. The third kappa shape index (κ3) is 5.01. The van der Waals surface area contributed by atoms with E-state index in [1.807, 2.05) is 37.3 Å². The molecule has 4 nitrogen and oxygen atoms in total. The van der Waals surface area contributed by atoms with Gasteiger partial charge in [0.1, 0.15) is 5.82 Å². The van der Waals surface area contributed by atoms with Crippen molar-refractivity contribution < 1.29 is 13.9 Å². The average Bonchev–Trinajstić information content (AvgIpc) is 3.59. The molecule has 0 amide bonds. The summed E-state index contributed by atoms with van der Waals surface area (Å²) in [5, 5.41) is 0.448. The predicted octanol–water partition coefficient (Wildman–Crippen LogP) is 6.20. The van der Waals surface area contributed by atoms with E-state index in [9.17, 15) is 9.18 Å². The van der Waals surface area contributed by atoms with E-state index in [1.165, 1.54) is 36.5 Å². The van der Waals surface area contributed by atoms with Crippen LogP contribution in [0.5, 0.6) is 0 Å². The molecule has 1 saturated heterocycles. The number of benzene rings is 2. The first-order chi connectivity index (χ1) is 16.5. The number of anilines is 1. The Labute approximate surface area is 206 Å². The minimum Gasteiger partial charge on any atom is -0.462 e. The molecule has 1 aliphatic heterocycles. The number of esters is 1. The van der Waals surface area contributed by atoms with Crippen LogP contribution in [-0.2, 0) is 4.74 Å². The number of nitrogens with zero attached hydrogens (tertiary/aromatic N) is 2. The Morgan fingerprint density at radius 3 is 2.44 bits per heavy atom. The fourth-order valence-corrected chi connectivity index (χ4v) is 5.64. The first kappa shape index (κ1) is 23.4. The summed E-state index contributed by atoms with van der Waals surface area (Å²) in [6, 6.07) is 12.8.